The molecule has 3 aliphatic rings. The Bertz CT molecular complexity index is 325. The van der Waals surface area contributed by atoms with E-state index in [1.165, 1.54) is 64.7 Å². The Balaban J connectivity index is 1.51. The maximum absolute atomic E-state index is 10.6. The van der Waals surface area contributed by atoms with Gasteiger partial charge in [-0.05, 0) is 63.1 Å². The van der Waals surface area contributed by atoms with Crippen molar-refractivity contribution in [1.29, 1.82) is 0 Å². The molecule has 2 saturated heterocycles. The highest BCUT2D eigenvalue weighted by Gasteiger charge is 2.39. The van der Waals surface area contributed by atoms with E-state index >= 15 is 0 Å². The molecule has 3 fully saturated rings. The Morgan fingerprint density at radius 1 is 1.05 bits per heavy atom. The van der Waals surface area contributed by atoms with Crippen LogP contribution in [0.15, 0.2) is 0 Å². The largest absolute Gasteiger partial charge is 0.392 e. The smallest absolute Gasteiger partial charge is 0.0631 e. The van der Waals surface area contributed by atoms with Gasteiger partial charge >= 0.3 is 0 Å². The van der Waals surface area contributed by atoms with E-state index in [9.17, 15) is 5.11 Å². The molecule has 3 nitrogen and oxygen atoms in total. The standard InChI is InChI=1S/C17H32N2O/c1-17(2)8-5-6-14(16(17)20)12-18-11-7-15(13-18)19-9-3-4-10-19/h14-16,20H,3-13H2,1-2H3. The van der Waals surface area contributed by atoms with Gasteiger partial charge in [0.15, 0.2) is 0 Å². The predicted molar refractivity (Wildman–Crippen MR) is 82.8 cm³/mol. The highest BCUT2D eigenvalue weighted by Crippen LogP contribution is 2.39. The monoisotopic (exact) mass is 280 g/mol. The van der Waals surface area contributed by atoms with Gasteiger partial charge in [-0.3, -0.25) is 4.90 Å². The first kappa shape index (κ1) is 14.8. The summed E-state index contributed by atoms with van der Waals surface area (Å²) >= 11 is 0. The highest BCUT2D eigenvalue weighted by atomic mass is 16.3. The number of nitrogens with zero attached hydrogens (tertiary/aromatic N) is 2. The number of rotatable bonds is 3. The molecule has 0 spiro atoms. The maximum atomic E-state index is 10.6. The zero-order valence-electron chi connectivity index (χ0n) is 13.4. The molecule has 3 atom stereocenters. The predicted octanol–water partition coefficient (Wildman–Crippen LogP) is 2.34. The van der Waals surface area contributed by atoms with Crippen molar-refractivity contribution in [3.8, 4) is 0 Å². The van der Waals surface area contributed by atoms with Crippen molar-refractivity contribution in [2.75, 3.05) is 32.7 Å². The van der Waals surface area contributed by atoms with Crippen molar-refractivity contribution >= 4 is 0 Å². The van der Waals surface area contributed by atoms with Crippen LogP contribution in [0.1, 0.15) is 52.4 Å². The van der Waals surface area contributed by atoms with Gasteiger partial charge in [-0.25, -0.2) is 0 Å². The van der Waals surface area contributed by atoms with Crippen LogP contribution in [0.2, 0.25) is 0 Å². The number of aliphatic hydroxyl groups excluding tert-OH is 1. The van der Waals surface area contributed by atoms with Gasteiger partial charge in [-0.1, -0.05) is 20.3 Å². The average molecular weight is 280 g/mol. The molecule has 3 rings (SSSR count). The van der Waals surface area contributed by atoms with Crippen LogP contribution in [0.5, 0.6) is 0 Å². The molecular formula is C17H32N2O. The molecule has 0 radical (unpaired) electrons. The van der Waals surface area contributed by atoms with Crippen molar-refractivity contribution in [2.24, 2.45) is 11.3 Å². The Kier molecular flexibility index (Phi) is 4.40. The quantitative estimate of drug-likeness (QED) is 0.859. The molecule has 1 aliphatic carbocycles. The molecule has 2 heterocycles. The lowest BCUT2D eigenvalue weighted by atomic mass is 9.69. The second-order valence-corrected chi connectivity index (χ2v) is 8.03. The summed E-state index contributed by atoms with van der Waals surface area (Å²) in [4.78, 5) is 5.32. The molecule has 2 aliphatic heterocycles. The molecule has 0 bridgehead atoms. The summed E-state index contributed by atoms with van der Waals surface area (Å²) in [7, 11) is 0. The number of hydrogen-bond acceptors (Lipinski definition) is 3. The van der Waals surface area contributed by atoms with Gasteiger partial charge in [-0.15, -0.1) is 0 Å². The minimum absolute atomic E-state index is 0.109. The third-order valence-corrected chi connectivity index (χ3v) is 6.04. The van der Waals surface area contributed by atoms with E-state index in [4.69, 9.17) is 0 Å². The topological polar surface area (TPSA) is 26.7 Å². The molecule has 3 heteroatoms. The van der Waals surface area contributed by atoms with Crippen LogP contribution in [-0.4, -0.2) is 59.8 Å². The zero-order valence-corrected chi connectivity index (χ0v) is 13.4. The maximum Gasteiger partial charge on any atom is 0.0631 e. The van der Waals surface area contributed by atoms with Crippen molar-refractivity contribution in [1.82, 2.24) is 9.80 Å². The molecule has 1 N–H and O–H groups in total. The van der Waals surface area contributed by atoms with Crippen LogP contribution in [0, 0.1) is 11.3 Å². The fourth-order valence-corrected chi connectivity index (χ4v) is 4.67. The first-order valence-corrected chi connectivity index (χ1v) is 8.71. The van der Waals surface area contributed by atoms with Crippen LogP contribution >= 0.6 is 0 Å². The number of likely N-dealkylation sites (tertiary alicyclic amines) is 2. The van der Waals surface area contributed by atoms with Crippen LogP contribution in [0.3, 0.4) is 0 Å². The van der Waals surface area contributed by atoms with Gasteiger partial charge in [0, 0.05) is 19.1 Å². The lowest BCUT2D eigenvalue weighted by molar-refractivity contribution is -0.0414. The third-order valence-electron chi connectivity index (χ3n) is 6.04. The summed E-state index contributed by atoms with van der Waals surface area (Å²) in [6.07, 6.45) is 7.71. The molecular weight excluding hydrogens is 248 g/mol. The summed E-state index contributed by atoms with van der Waals surface area (Å²) < 4.78 is 0. The lowest BCUT2D eigenvalue weighted by Gasteiger charge is -2.42. The van der Waals surface area contributed by atoms with Crippen LogP contribution in [0.25, 0.3) is 0 Å². The van der Waals surface area contributed by atoms with Crippen molar-refractivity contribution < 1.29 is 5.11 Å². The fraction of sp³-hybridized carbons (Fsp3) is 1.00. The van der Waals surface area contributed by atoms with E-state index in [0.717, 1.165) is 12.6 Å². The Morgan fingerprint density at radius 3 is 2.55 bits per heavy atom. The minimum atomic E-state index is -0.109. The molecule has 0 aromatic rings. The summed E-state index contributed by atoms with van der Waals surface area (Å²) in [5.41, 5.74) is 0.122. The number of hydrogen-bond donors (Lipinski definition) is 1. The molecule has 1 saturated carbocycles. The molecule has 0 amide bonds. The second kappa shape index (κ2) is 5.94. The van der Waals surface area contributed by atoms with Gasteiger partial charge in [0.05, 0.1) is 6.10 Å². The van der Waals surface area contributed by atoms with Gasteiger partial charge in [0.1, 0.15) is 0 Å². The van der Waals surface area contributed by atoms with E-state index in [-0.39, 0.29) is 11.5 Å². The average Bonchev–Trinajstić information content (AvgIpc) is 3.05. The summed E-state index contributed by atoms with van der Waals surface area (Å²) in [5, 5.41) is 10.6. The van der Waals surface area contributed by atoms with E-state index in [2.05, 4.69) is 23.6 Å². The van der Waals surface area contributed by atoms with Gasteiger partial charge in [0.2, 0.25) is 0 Å². The highest BCUT2D eigenvalue weighted by molar-refractivity contribution is 4.92. The minimum Gasteiger partial charge on any atom is -0.392 e. The Labute approximate surface area is 124 Å². The van der Waals surface area contributed by atoms with Crippen molar-refractivity contribution in [2.45, 2.75) is 64.5 Å². The first-order chi connectivity index (χ1) is 9.56. The van der Waals surface area contributed by atoms with Crippen LogP contribution in [0.4, 0.5) is 0 Å². The summed E-state index contributed by atoms with van der Waals surface area (Å²) in [6, 6.07) is 0.797. The van der Waals surface area contributed by atoms with Crippen molar-refractivity contribution in [3.63, 3.8) is 0 Å². The molecule has 116 valence electrons. The van der Waals surface area contributed by atoms with Gasteiger partial charge < -0.3 is 10.0 Å². The van der Waals surface area contributed by atoms with Crippen molar-refractivity contribution in [3.05, 3.63) is 0 Å². The van der Waals surface area contributed by atoms with E-state index < -0.39 is 0 Å². The van der Waals surface area contributed by atoms with Crippen LogP contribution < -0.4 is 0 Å². The van der Waals surface area contributed by atoms with E-state index in [1.807, 2.05) is 0 Å². The fourth-order valence-electron chi connectivity index (χ4n) is 4.67. The Morgan fingerprint density at radius 2 is 1.80 bits per heavy atom. The Hall–Kier alpha value is -0.120. The number of aliphatic hydroxyl groups is 1. The molecule has 3 unspecified atom stereocenters. The second-order valence-electron chi connectivity index (χ2n) is 8.03. The summed E-state index contributed by atoms with van der Waals surface area (Å²) in [5.74, 6) is 0.496. The van der Waals surface area contributed by atoms with E-state index in [0.29, 0.717) is 5.92 Å². The van der Waals surface area contributed by atoms with Gasteiger partial charge in [-0.2, -0.15) is 0 Å². The van der Waals surface area contributed by atoms with Gasteiger partial charge in [0.25, 0.3) is 0 Å². The first-order valence-electron chi connectivity index (χ1n) is 8.71. The molecule has 0 aromatic heterocycles. The lowest BCUT2D eigenvalue weighted by Crippen LogP contribution is -2.45. The van der Waals surface area contributed by atoms with Crippen LogP contribution in [-0.2, 0) is 0 Å². The molecule has 20 heavy (non-hydrogen) atoms. The molecule has 0 aromatic carbocycles. The normalized spacial score (nSPS) is 39.5. The zero-order chi connectivity index (χ0) is 14.2. The van der Waals surface area contributed by atoms with E-state index in [1.54, 1.807) is 0 Å². The third kappa shape index (κ3) is 3.05. The summed E-state index contributed by atoms with van der Waals surface area (Å²) in [6.45, 7) is 10.7. The SMILES string of the molecule is CC1(C)CCCC(CN2CCC(N3CCCC3)C2)C1O.